The number of rotatable bonds is 6. The molecular formula is C19H23BrFN3. The van der Waals surface area contributed by atoms with Crippen LogP contribution in [0.1, 0.15) is 0 Å². The Hall–Kier alpha value is -1.43. The fraction of sp³-hybridized carbons (Fsp3) is 0.368. The minimum Gasteiger partial charge on any atom is -0.338 e. The highest BCUT2D eigenvalue weighted by molar-refractivity contribution is 9.10. The lowest BCUT2D eigenvalue weighted by atomic mass is 10.2. The third-order valence-electron chi connectivity index (χ3n) is 4.25. The van der Waals surface area contributed by atoms with Crippen LogP contribution in [0.25, 0.3) is 0 Å². The highest BCUT2D eigenvalue weighted by Crippen LogP contribution is 2.27. The molecule has 1 N–H and O–H groups in total. The van der Waals surface area contributed by atoms with Crippen molar-refractivity contribution in [1.82, 2.24) is 10.2 Å². The predicted molar refractivity (Wildman–Crippen MR) is 102 cm³/mol. The van der Waals surface area contributed by atoms with E-state index in [0.29, 0.717) is 13.1 Å². The van der Waals surface area contributed by atoms with Crippen LogP contribution in [0.3, 0.4) is 0 Å². The molecule has 1 fully saturated rings. The van der Waals surface area contributed by atoms with Gasteiger partial charge in [0.15, 0.2) is 0 Å². The molecular weight excluding hydrogens is 369 g/mol. The first-order valence-corrected chi connectivity index (χ1v) is 9.17. The van der Waals surface area contributed by atoms with Crippen LogP contribution in [-0.4, -0.2) is 50.3 Å². The Morgan fingerprint density at radius 1 is 1.00 bits per heavy atom. The van der Waals surface area contributed by atoms with E-state index in [4.69, 9.17) is 0 Å². The molecule has 2 aromatic rings. The van der Waals surface area contributed by atoms with Crippen LogP contribution in [0.4, 0.5) is 15.8 Å². The largest absolute Gasteiger partial charge is 0.338 e. The average molecular weight is 392 g/mol. The number of benzene rings is 2. The number of para-hydroxylation sites is 1. The Kier molecular flexibility index (Phi) is 6.24. The smallest absolute Gasteiger partial charge is 0.131 e. The molecule has 5 heteroatoms. The van der Waals surface area contributed by atoms with E-state index in [2.05, 4.69) is 31.0 Å². The number of nitrogens with zero attached hydrogens (tertiary/aromatic N) is 2. The lowest BCUT2D eigenvalue weighted by Gasteiger charge is -2.31. The van der Waals surface area contributed by atoms with Gasteiger partial charge in [-0.05, 0) is 36.4 Å². The molecule has 1 aliphatic rings. The van der Waals surface area contributed by atoms with Gasteiger partial charge in [0.25, 0.3) is 0 Å². The van der Waals surface area contributed by atoms with E-state index >= 15 is 0 Å². The minimum absolute atomic E-state index is 0.357. The Morgan fingerprint density at radius 3 is 2.29 bits per heavy atom. The van der Waals surface area contributed by atoms with Crippen LogP contribution >= 0.6 is 15.9 Å². The second-order valence-corrected chi connectivity index (χ2v) is 6.99. The molecule has 1 heterocycles. The maximum absolute atomic E-state index is 14.8. The van der Waals surface area contributed by atoms with E-state index in [9.17, 15) is 4.39 Å². The maximum Gasteiger partial charge on any atom is 0.131 e. The highest BCUT2D eigenvalue weighted by Gasteiger charge is 2.20. The summed E-state index contributed by atoms with van der Waals surface area (Å²) in [6, 6.07) is 18.1. The maximum atomic E-state index is 14.8. The van der Waals surface area contributed by atoms with Gasteiger partial charge in [-0.3, -0.25) is 4.90 Å². The average Bonchev–Trinajstić information content (AvgIpc) is 2.62. The Labute approximate surface area is 151 Å². The second kappa shape index (κ2) is 8.60. The minimum atomic E-state index is -0.896. The molecule has 128 valence electrons. The first-order chi connectivity index (χ1) is 11.7. The fourth-order valence-electron chi connectivity index (χ4n) is 3.02. The molecule has 2 aromatic carbocycles. The summed E-state index contributed by atoms with van der Waals surface area (Å²) in [5.74, 6) is 0. The molecule has 0 spiro atoms. The van der Waals surface area contributed by atoms with Crippen molar-refractivity contribution < 1.29 is 4.39 Å². The van der Waals surface area contributed by atoms with Gasteiger partial charge in [0.2, 0.25) is 0 Å². The summed E-state index contributed by atoms with van der Waals surface area (Å²) < 4.78 is 15.8. The third-order valence-corrected chi connectivity index (χ3v) is 4.78. The van der Waals surface area contributed by atoms with E-state index < -0.39 is 6.17 Å². The highest BCUT2D eigenvalue weighted by atomic mass is 79.9. The van der Waals surface area contributed by atoms with E-state index in [1.807, 2.05) is 54.6 Å². The number of alkyl halides is 1. The lowest BCUT2D eigenvalue weighted by Crippen LogP contribution is -2.47. The second-order valence-electron chi connectivity index (χ2n) is 6.07. The topological polar surface area (TPSA) is 18.5 Å². The number of hydrogen-bond acceptors (Lipinski definition) is 3. The molecule has 0 aromatic heterocycles. The standard InChI is InChI=1S/C19H23BrFN3/c20-16-6-8-19(9-7-16)24(18-4-2-1-3-5-18)15-17(21)14-23-12-10-22-11-13-23/h1-9,17,22H,10-15H2. The van der Waals surface area contributed by atoms with Gasteiger partial charge in [-0.1, -0.05) is 34.1 Å². The molecule has 1 atom stereocenters. The molecule has 3 nitrogen and oxygen atoms in total. The number of halogens is 2. The van der Waals surface area contributed by atoms with Gasteiger partial charge < -0.3 is 10.2 Å². The third kappa shape index (κ3) is 4.79. The van der Waals surface area contributed by atoms with Crippen molar-refractivity contribution in [2.24, 2.45) is 0 Å². The van der Waals surface area contributed by atoms with Gasteiger partial charge in [-0.15, -0.1) is 0 Å². The molecule has 1 unspecified atom stereocenters. The number of hydrogen-bond donors (Lipinski definition) is 1. The van der Waals surface area contributed by atoms with Crippen molar-refractivity contribution >= 4 is 27.3 Å². The van der Waals surface area contributed by atoms with Crippen LogP contribution in [0.15, 0.2) is 59.1 Å². The molecule has 0 saturated carbocycles. The quantitative estimate of drug-likeness (QED) is 0.806. The predicted octanol–water partition coefficient (Wildman–Crippen LogP) is 3.83. The van der Waals surface area contributed by atoms with Crippen LogP contribution < -0.4 is 10.2 Å². The summed E-state index contributed by atoms with van der Waals surface area (Å²) in [5.41, 5.74) is 2.02. The Balaban J connectivity index is 1.73. The molecule has 0 aliphatic carbocycles. The van der Waals surface area contributed by atoms with E-state index in [0.717, 1.165) is 42.0 Å². The van der Waals surface area contributed by atoms with Crippen LogP contribution in [-0.2, 0) is 0 Å². The van der Waals surface area contributed by atoms with Crippen molar-refractivity contribution in [3.05, 3.63) is 59.1 Å². The van der Waals surface area contributed by atoms with Crippen LogP contribution in [0, 0.1) is 0 Å². The van der Waals surface area contributed by atoms with Crippen molar-refractivity contribution in [2.75, 3.05) is 44.2 Å². The molecule has 1 saturated heterocycles. The van der Waals surface area contributed by atoms with Gasteiger partial charge in [0.05, 0.1) is 6.54 Å². The normalized spacial score (nSPS) is 16.8. The van der Waals surface area contributed by atoms with Gasteiger partial charge >= 0.3 is 0 Å². The first-order valence-electron chi connectivity index (χ1n) is 8.37. The monoisotopic (exact) mass is 391 g/mol. The van der Waals surface area contributed by atoms with Gasteiger partial charge in [-0.25, -0.2) is 4.39 Å². The van der Waals surface area contributed by atoms with Gasteiger partial charge in [0.1, 0.15) is 6.17 Å². The summed E-state index contributed by atoms with van der Waals surface area (Å²) in [4.78, 5) is 4.26. The summed E-state index contributed by atoms with van der Waals surface area (Å²) in [5, 5.41) is 3.31. The zero-order chi connectivity index (χ0) is 16.8. The molecule has 0 amide bonds. The van der Waals surface area contributed by atoms with Crippen LogP contribution in [0.5, 0.6) is 0 Å². The number of anilines is 2. The van der Waals surface area contributed by atoms with Crippen molar-refractivity contribution in [2.45, 2.75) is 6.17 Å². The molecule has 24 heavy (non-hydrogen) atoms. The summed E-state index contributed by atoms with van der Waals surface area (Å²) >= 11 is 3.46. The summed E-state index contributed by atoms with van der Waals surface area (Å²) in [6.07, 6.45) is -0.896. The molecule has 0 radical (unpaired) electrons. The zero-order valence-corrected chi connectivity index (χ0v) is 15.3. The van der Waals surface area contributed by atoms with E-state index in [-0.39, 0.29) is 0 Å². The van der Waals surface area contributed by atoms with Gasteiger partial charge in [0, 0.05) is 48.6 Å². The SMILES string of the molecule is FC(CN1CCNCC1)CN(c1ccccc1)c1ccc(Br)cc1. The van der Waals surface area contributed by atoms with Gasteiger partial charge in [-0.2, -0.15) is 0 Å². The number of piperazine rings is 1. The lowest BCUT2D eigenvalue weighted by molar-refractivity contribution is 0.177. The summed E-state index contributed by atoms with van der Waals surface area (Å²) in [6.45, 7) is 4.58. The summed E-state index contributed by atoms with van der Waals surface area (Å²) in [7, 11) is 0. The van der Waals surface area contributed by atoms with Crippen molar-refractivity contribution in [3.8, 4) is 0 Å². The molecule has 3 rings (SSSR count). The van der Waals surface area contributed by atoms with E-state index in [1.165, 1.54) is 0 Å². The number of nitrogens with one attached hydrogen (secondary N) is 1. The Morgan fingerprint density at radius 2 is 1.62 bits per heavy atom. The first kappa shape index (κ1) is 17.4. The van der Waals surface area contributed by atoms with Crippen molar-refractivity contribution in [3.63, 3.8) is 0 Å². The Bertz CT molecular complexity index is 614. The van der Waals surface area contributed by atoms with E-state index in [1.54, 1.807) is 0 Å². The zero-order valence-electron chi connectivity index (χ0n) is 13.7. The molecule has 0 bridgehead atoms. The fourth-order valence-corrected chi connectivity index (χ4v) is 3.28. The molecule has 1 aliphatic heterocycles. The van der Waals surface area contributed by atoms with Crippen LogP contribution in [0.2, 0.25) is 0 Å². The van der Waals surface area contributed by atoms with Crippen molar-refractivity contribution in [1.29, 1.82) is 0 Å².